The molecule has 3 rings (SSSR count). The molecule has 2 aromatic carbocycles. The van der Waals surface area contributed by atoms with Crippen molar-refractivity contribution in [2.45, 2.75) is 25.8 Å². The molecule has 0 aliphatic heterocycles. The maximum absolute atomic E-state index is 13.1. The summed E-state index contributed by atoms with van der Waals surface area (Å²) in [6, 6.07) is 18.3. The van der Waals surface area contributed by atoms with E-state index in [9.17, 15) is 9.59 Å². The third kappa shape index (κ3) is 5.27. The Balaban J connectivity index is 1.84. The van der Waals surface area contributed by atoms with Crippen LogP contribution in [0.5, 0.6) is 5.75 Å². The van der Waals surface area contributed by atoms with Crippen molar-refractivity contribution in [2.75, 3.05) is 17.7 Å². The van der Waals surface area contributed by atoms with Gasteiger partial charge in [-0.2, -0.15) is 0 Å². The van der Waals surface area contributed by atoms with Crippen LogP contribution in [-0.4, -0.2) is 29.0 Å². The van der Waals surface area contributed by atoms with Crippen molar-refractivity contribution in [3.63, 3.8) is 0 Å². The van der Waals surface area contributed by atoms with E-state index in [-0.39, 0.29) is 17.4 Å². The molecule has 0 unspecified atom stereocenters. The molecule has 1 amide bonds. The molecular formula is C24H24N2O3S. The number of Topliss-reactive ketones (excluding diaryl/α,β-unsaturated/α-hetero) is 1. The van der Waals surface area contributed by atoms with Gasteiger partial charge in [0, 0.05) is 11.3 Å². The van der Waals surface area contributed by atoms with Gasteiger partial charge in [-0.15, -0.1) is 0 Å². The fourth-order valence-electron chi connectivity index (χ4n) is 3.06. The second-order valence-electron chi connectivity index (χ2n) is 6.72. The van der Waals surface area contributed by atoms with Crippen LogP contribution in [0.4, 0.5) is 5.69 Å². The third-order valence-electron chi connectivity index (χ3n) is 4.41. The molecule has 0 aliphatic rings. The Bertz CT molecular complexity index is 1050. The van der Waals surface area contributed by atoms with Crippen molar-refractivity contribution >= 4 is 29.1 Å². The van der Waals surface area contributed by atoms with Gasteiger partial charge in [0.15, 0.2) is 5.78 Å². The van der Waals surface area contributed by atoms with Gasteiger partial charge >= 0.3 is 0 Å². The Labute approximate surface area is 180 Å². The number of aromatic nitrogens is 1. The number of ketones is 1. The molecule has 1 N–H and O–H groups in total. The van der Waals surface area contributed by atoms with Gasteiger partial charge in [-0.05, 0) is 44.5 Å². The first kappa shape index (κ1) is 21.6. The van der Waals surface area contributed by atoms with Crippen molar-refractivity contribution in [1.29, 1.82) is 0 Å². The number of hydrogen-bond acceptors (Lipinski definition) is 5. The van der Waals surface area contributed by atoms with E-state index in [2.05, 4.69) is 10.3 Å². The number of thioether (sulfide) groups is 1. The number of benzene rings is 2. The first-order chi connectivity index (χ1) is 14.5. The zero-order valence-electron chi connectivity index (χ0n) is 17.3. The van der Waals surface area contributed by atoms with E-state index in [4.69, 9.17) is 4.74 Å². The minimum atomic E-state index is -0.276. The van der Waals surface area contributed by atoms with Gasteiger partial charge in [0.1, 0.15) is 10.8 Å². The zero-order valence-corrected chi connectivity index (χ0v) is 18.1. The lowest BCUT2D eigenvalue weighted by atomic mass is 10.1. The fraction of sp³-hybridized carbons (Fsp3) is 0.208. The highest BCUT2D eigenvalue weighted by molar-refractivity contribution is 8.00. The van der Waals surface area contributed by atoms with Gasteiger partial charge in [0.05, 0.1) is 23.6 Å². The molecule has 3 aromatic rings. The van der Waals surface area contributed by atoms with E-state index >= 15 is 0 Å². The normalized spacial score (nSPS) is 10.5. The van der Waals surface area contributed by atoms with Crippen LogP contribution in [0.3, 0.4) is 0 Å². The van der Waals surface area contributed by atoms with Gasteiger partial charge in [-0.25, -0.2) is 4.98 Å². The van der Waals surface area contributed by atoms with E-state index < -0.39 is 0 Å². The summed E-state index contributed by atoms with van der Waals surface area (Å²) in [5, 5.41) is 3.47. The summed E-state index contributed by atoms with van der Waals surface area (Å²) < 4.78 is 5.60. The lowest BCUT2D eigenvalue weighted by Crippen LogP contribution is -2.17. The average molecular weight is 421 g/mol. The Morgan fingerprint density at radius 2 is 1.73 bits per heavy atom. The van der Waals surface area contributed by atoms with E-state index in [1.54, 1.807) is 18.2 Å². The molecule has 154 valence electrons. The van der Waals surface area contributed by atoms with Crippen LogP contribution in [0.25, 0.3) is 0 Å². The Kier molecular flexibility index (Phi) is 7.25. The summed E-state index contributed by atoms with van der Waals surface area (Å²) in [6.45, 7) is 6.15. The van der Waals surface area contributed by atoms with Gasteiger partial charge in [-0.1, -0.05) is 54.2 Å². The number of nitrogens with zero attached hydrogens (tertiary/aromatic N) is 1. The van der Waals surface area contributed by atoms with Crippen LogP contribution < -0.4 is 10.1 Å². The number of hydrogen-bond donors (Lipinski definition) is 1. The van der Waals surface area contributed by atoms with Crippen molar-refractivity contribution in [1.82, 2.24) is 4.98 Å². The van der Waals surface area contributed by atoms with Gasteiger partial charge in [-0.3, -0.25) is 9.59 Å². The smallest absolute Gasteiger partial charge is 0.258 e. The molecule has 30 heavy (non-hydrogen) atoms. The van der Waals surface area contributed by atoms with Crippen LogP contribution in [0.15, 0.2) is 65.7 Å². The van der Waals surface area contributed by atoms with Crippen molar-refractivity contribution in [2.24, 2.45) is 0 Å². The van der Waals surface area contributed by atoms with Gasteiger partial charge < -0.3 is 10.1 Å². The summed E-state index contributed by atoms with van der Waals surface area (Å²) >= 11 is 1.28. The number of ether oxygens (including phenoxy) is 1. The van der Waals surface area contributed by atoms with Crippen molar-refractivity contribution < 1.29 is 14.3 Å². The molecular weight excluding hydrogens is 396 g/mol. The van der Waals surface area contributed by atoms with Crippen molar-refractivity contribution in [3.8, 4) is 5.75 Å². The van der Waals surface area contributed by atoms with Gasteiger partial charge in [0.25, 0.3) is 5.91 Å². The molecule has 6 heteroatoms. The number of nitrogens with one attached hydrogen (secondary N) is 1. The number of rotatable bonds is 8. The van der Waals surface area contributed by atoms with Gasteiger partial charge in [0.2, 0.25) is 0 Å². The molecule has 0 atom stereocenters. The molecule has 0 saturated heterocycles. The topological polar surface area (TPSA) is 68.3 Å². The first-order valence-corrected chi connectivity index (χ1v) is 10.7. The minimum Gasteiger partial charge on any atom is -0.492 e. The summed E-state index contributed by atoms with van der Waals surface area (Å²) in [6.07, 6.45) is 0. The number of para-hydroxylation sites is 2. The minimum absolute atomic E-state index is 0.00499. The van der Waals surface area contributed by atoms with Crippen LogP contribution in [0, 0.1) is 13.8 Å². The SMILES string of the molecule is CCOc1ccccc1NC(=O)c1c(C)cc(C)nc1SCC(=O)c1ccccc1. The molecule has 5 nitrogen and oxygen atoms in total. The Morgan fingerprint density at radius 3 is 2.47 bits per heavy atom. The second kappa shape index (κ2) is 10.1. The number of carbonyl (C=O) groups excluding carboxylic acids is 2. The fourth-order valence-corrected chi connectivity index (χ4v) is 4.10. The predicted octanol–water partition coefficient (Wildman–Crippen LogP) is 5.32. The summed E-state index contributed by atoms with van der Waals surface area (Å²) in [7, 11) is 0. The molecule has 0 saturated carbocycles. The second-order valence-corrected chi connectivity index (χ2v) is 7.69. The van der Waals surface area contributed by atoms with Crippen LogP contribution in [0.1, 0.15) is 38.9 Å². The molecule has 0 bridgehead atoms. The number of carbonyl (C=O) groups is 2. The molecule has 0 spiro atoms. The molecule has 0 radical (unpaired) electrons. The highest BCUT2D eigenvalue weighted by Crippen LogP contribution is 2.29. The summed E-state index contributed by atoms with van der Waals surface area (Å²) in [5.41, 5.74) is 3.32. The standard InChI is InChI=1S/C24H24N2O3S/c1-4-29-21-13-9-8-12-19(21)26-23(28)22-16(2)14-17(3)25-24(22)30-15-20(27)18-10-6-5-7-11-18/h5-14H,4,15H2,1-3H3,(H,26,28). The van der Waals surface area contributed by atoms with E-state index in [0.29, 0.717) is 34.2 Å². The number of anilines is 1. The highest BCUT2D eigenvalue weighted by Gasteiger charge is 2.20. The molecule has 0 fully saturated rings. The predicted molar refractivity (Wildman–Crippen MR) is 121 cm³/mol. The lowest BCUT2D eigenvalue weighted by Gasteiger charge is -2.15. The maximum atomic E-state index is 13.1. The van der Waals surface area contributed by atoms with Crippen LogP contribution in [-0.2, 0) is 0 Å². The van der Waals surface area contributed by atoms with Crippen LogP contribution >= 0.6 is 11.8 Å². The molecule has 0 aliphatic carbocycles. The summed E-state index contributed by atoms with van der Waals surface area (Å²) in [4.78, 5) is 30.2. The largest absolute Gasteiger partial charge is 0.492 e. The monoisotopic (exact) mass is 420 g/mol. The first-order valence-electron chi connectivity index (χ1n) is 9.72. The molecule has 1 aromatic heterocycles. The quantitative estimate of drug-likeness (QED) is 0.394. The van der Waals surface area contributed by atoms with Crippen LogP contribution in [0.2, 0.25) is 0 Å². The zero-order chi connectivity index (χ0) is 21.5. The molecule has 1 heterocycles. The average Bonchev–Trinajstić information content (AvgIpc) is 2.73. The lowest BCUT2D eigenvalue weighted by molar-refractivity contribution is 0.101. The van der Waals surface area contributed by atoms with E-state index in [0.717, 1.165) is 11.3 Å². The van der Waals surface area contributed by atoms with E-state index in [1.807, 2.05) is 63.2 Å². The number of aryl methyl sites for hydroxylation is 2. The Hall–Kier alpha value is -3.12. The number of amides is 1. The van der Waals surface area contributed by atoms with Crippen molar-refractivity contribution in [3.05, 3.63) is 83.0 Å². The third-order valence-corrected chi connectivity index (χ3v) is 5.38. The highest BCUT2D eigenvalue weighted by atomic mass is 32.2. The summed E-state index contributed by atoms with van der Waals surface area (Å²) in [5.74, 6) is 0.534. The Morgan fingerprint density at radius 1 is 1.03 bits per heavy atom. The van der Waals surface area contributed by atoms with E-state index in [1.165, 1.54) is 11.8 Å². The maximum Gasteiger partial charge on any atom is 0.258 e. The number of pyridine rings is 1.